The molecule has 0 aliphatic rings. The van der Waals surface area contributed by atoms with Crippen molar-refractivity contribution in [3.8, 4) is 0 Å². The molecule has 24 heavy (non-hydrogen) atoms. The van der Waals surface area contributed by atoms with Crippen LogP contribution in [0.15, 0.2) is 21.7 Å². The summed E-state index contributed by atoms with van der Waals surface area (Å²) in [6, 6.07) is 0.999. The first-order valence-corrected chi connectivity index (χ1v) is 8.92. The van der Waals surface area contributed by atoms with Crippen molar-refractivity contribution in [2.75, 3.05) is 0 Å². The molecule has 3 rings (SSSR count). The fourth-order valence-corrected chi connectivity index (χ4v) is 3.71. The maximum absolute atomic E-state index is 12.7. The Hall–Kier alpha value is -2.33. The van der Waals surface area contributed by atoms with Crippen molar-refractivity contribution in [3.63, 3.8) is 0 Å². The van der Waals surface area contributed by atoms with Gasteiger partial charge >= 0.3 is 0 Å². The van der Waals surface area contributed by atoms with Gasteiger partial charge in [0.05, 0.1) is 11.7 Å². The molecule has 3 aromatic rings. The van der Waals surface area contributed by atoms with E-state index in [-0.39, 0.29) is 4.90 Å². The second kappa shape index (κ2) is 5.95. The number of sulfonamides is 1. The van der Waals surface area contributed by atoms with Crippen LogP contribution in [-0.2, 0) is 17.1 Å². The molecule has 3 aromatic heterocycles. The highest BCUT2D eigenvalue weighted by Gasteiger charge is 2.24. The number of aromatic nitrogens is 5. The predicted molar refractivity (Wildman–Crippen MR) is 85.6 cm³/mol. The number of nitrogens with zero attached hydrogens (tertiary/aromatic N) is 5. The average molecular weight is 350 g/mol. The van der Waals surface area contributed by atoms with Crippen LogP contribution in [0, 0.1) is 13.8 Å². The molecule has 9 nitrogen and oxygen atoms in total. The second-order valence-electron chi connectivity index (χ2n) is 5.50. The Labute approximate surface area is 139 Å². The fraction of sp³-hybridized carbons (Fsp3) is 0.429. The van der Waals surface area contributed by atoms with E-state index in [4.69, 9.17) is 4.52 Å². The van der Waals surface area contributed by atoms with Crippen molar-refractivity contribution in [1.29, 1.82) is 0 Å². The molecule has 0 aliphatic carbocycles. The monoisotopic (exact) mass is 350 g/mol. The van der Waals surface area contributed by atoms with E-state index in [9.17, 15) is 8.42 Å². The van der Waals surface area contributed by atoms with E-state index in [1.807, 2.05) is 13.8 Å². The number of hydrogen-bond acceptors (Lipinski definition) is 7. The normalized spacial score (nSPS) is 13.5. The molecule has 1 N–H and O–H groups in total. The van der Waals surface area contributed by atoms with Crippen LogP contribution in [0.2, 0.25) is 0 Å². The SMILES string of the molecule is CCC(NS(=O)(=O)c1cnc2c(c1)c(C)nn2C)c1noc(C)n1. The molecular weight excluding hydrogens is 332 g/mol. The Bertz CT molecular complexity index is 991. The molecule has 1 atom stereocenters. The minimum atomic E-state index is -3.78. The van der Waals surface area contributed by atoms with E-state index < -0.39 is 16.1 Å². The van der Waals surface area contributed by atoms with Gasteiger partial charge in [0.1, 0.15) is 4.90 Å². The summed E-state index contributed by atoms with van der Waals surface area (Å²) in [6.45, 7) is 5.30. The highest BCUT2D eigenvalue weighted by atomic mass is 32.2. The van der Waals surface area contributed by atoms with Crippen LogP contribution in [-0.4, -0.2) is 33.3 Å². The maximum atomic E-state index is 12.7. The molecule has 0 radical (unpaired) electrons. The van der Waals surface area contributed by atoms with Gasteiger partial charge in [0.25, 0.3) is 0 Å². The van der Waals surface area contributed by atoms with Crippen molar-refractivity contribution in [3.05, 3.63) is 29.7 Å². The van der Waals surface area contributed by atoms with Crippen LogP contribution < -0.4 is 4.72 Å². The molecule has 10 heteroatoms. The van der Waals surface area contributed by atoms with E-state index in [0.29, 0.717) is 29.2 Å². The van der Waals surface area contributed by atoms with Gasteiger partial charge in [-0.05, 0) is 19.4 Å². The highest BCUT2D eigenvalue weighted by Crippen LogP contribution is 2.22. The summed E-state index contributed by atoms with van der Waals surface area (Å²) < 4.78 is 34.5. The summed E-state index contributed by atoms with van der Waals surface area (Å²) >= 11 is 0. The Morgan fingerprint density at radius 1 is 1.38 bits per heavy atom. The predicted octanol–water partition coefficient (Wildman–Crippen LogP) is 1.40. The number of rotatable bonds is 5. The average Bonchev–Trinajstić information content (AvgIpc) is 3.09. The van der Waals surface area contributed by atoms with Crippen molar-refractivity contribution in [2.45, 2.75) is 38.1 Å². The summed E-state index contributed by atoms with van der Waals surface area (Å²) in [4.78, 5) is 8.38. The standard InChI is InChI=1S/C14H18N6O3S/c1-5-12(13-16-9(3)23-18-13)19-24(21,22)10-6-11-8(2)17-20(4)14(11)15-7-10/h6-7,12,19H,5H2,1-4H3. The third kappa shape index (κ3) is 2.89. The number of fused-ring (bicyclic) bond motifs is 1. The zero-order valence-corrected chi connectivity index (χ0v) is 14.6. The molecular formula is C14H18N6O3S. The first-order chi connectivity index (χ1) is 11.3. The van der Waals surface area contributed by atoms with Gasteiger partial charge in [-0.2, -0.15) is 10.1 Å². The van der Waals surface area contributed by atoms with Crippen molar-refractivity contribution in [1.82, 2.24) is 29.6 Å². The van der Waals surface area contributed by atoms with Gasteiger partial charge in [-0.25, -0.2) is 18.1 Å². The lowest BCUT2D eigenvalue weighted by Gasteiger charge is -2.13. The Morgan fingerprint density at radius 3 is 2.75 bits per heavy atom. The van der Waals surface area contributed by atoms with E-state index in [0.717, 1.165) is 5.69 Å². The van der Waals surface area contributed by atoms with Gasteiger partial charge in [-0.3, -0.25) is 4.68 Å². The Morgan fingerprint density at radius 2 is 2.12 bits per heavy atom. The third-order valence-electron chi connectivity index (χ3n) is 3.71. The lowest BCUT2D eigenvalue weighted by Crippen LogP contribution is -2.29. The van der Waals surface area contributed by atoms with Gasteiger partial charge in [-0.1, -0.05) is 12.1 Å². The number of nitrogens with one attached hydrogen (secondary N) is 1. The van der Waals surface area contributed by atoms with Crippen molar-refractivity contribution in [2.24, 2.45) is 7.05 Å². The van der Waals surface area contributed by atoms with Gasteiger partial charge in [0, 0.05) is 25.6 Å². The summed E-state index contributed by atoms with van der Waals surface area (Å²) in [5.74, 6) is 0.696. The van der Waals surface area contributed by atoms with Crippen LogP contribution in [0.3, 0.4) is 0 Å². The van der Waals surface area contributed by atoms with Crippen LogP contribution >= 0.6 is 0 Å². The molecule has 128 valence electrons. The molecule has 0 bridgehead atoms. The number of pyridine rings is 1. The second-order valence-corrected chi connectivity index (χ2v) is 7.22. The van der Waals surface area contributed by atoms with Crippen molar-refractivity contribution >= 4 is 21.1 Å². The van der Waals surface area contributed by atoms with Gasteiger partial charge in [0.15, 0.2) is 11.5 Å². The van der Waals surface area contributed by atoms with E-state index in [2.05, 4.69) is 24.9 Å². The van der Waals surface area contributed by atoms with Gasteiger partial charge in [-0.15, -0.1) is 0 Å². The van der Waals surface area contributed by atoms with E-state index in [1.165, 1.54) is 6.20 Å². The molecule has 0 spiro atoms. The lowest BCUT2D eigenvalue weighted by molar-refractivity contribution is 0.380. The smallest absolute Gasteiger partial charge is 0.242 e. The third-order valence-corrected chi connectivity index (χ3v) is 5.15. The summed E-state index contributed by atoms with van der Waals surface area (Å²) in [6.07, 6.45) is 1.81. The molecule has 1 unspecified atom stereocenters. The zero-order chi connectivity index (χ0) is 17.5. The van der Waals surface area contributed by atoms with Crippen LogP contribution in [0.4, 0.5) is 0 Å². The quantitative estimate of drug-likeness (QED) is 0.739. The molecule has 3 heterocycles. The van der Waals surface area contributed by atoms with Gasteiger partial charge < -0.3 is 4.52 Å². The molecule has 0 aromatic carbocycles. The first kappa shape index (κ1) is 16.5. The van der Waals surface area contributed by atoms with E-state index in [1.54, 1.807) is 24.7 Å². The van der Waals surface area contributed by atoms with E-state index >= 15 is 0 Å². The minimum absolute atomic E-state index is 0.0739. The van der Waals surface area contributed by atoms with Gasteiger partial charge in [0.2, 0.25) is 15.9 Å². The fourth-order valence-electron chi connectivity index (χ4n) is 2.47. The minimum Gasteiger partial charge on any atom is -0.340 e. The molecule has 0 saturated carbocycles. The Kier molecular flexibility index (Phi) is 4.10. The zero-order valence-electron chi connectivity index (χ0n) is 13.8. The topological polar surface area (TPSA) is 116 Å². The summed E-state index contributed by atoms with van der Waals surface area (Å²) in [5.41, 5.74) is 1.35. The Balaban J connectivity index is 1.96. The largest absolute Gasteiger partial charge is 0.340 e. The molecule has 0 aliphatic heterocycles. The number of aryl methyl sites for hydroxylation is 3. The van der Waals surface area contributed by atoms with Crippen molar-refractivity contribution < 1.29 is 12.9 Å². The van der Waals surface area contributed by atoms with Crippen LogP contribution in [0.5, 0.6) is 0 Å². The molecule has 0 amide bonds. The molecule has 0 saturated heterocycles. The highest BCUT2D eigenvalue weighted by molar-refractivity contribution is 7.89. The summed E-state index contributed by atoms with van der Waals surface area (Å²) in [7, 11) is -2.02. The van der Waals surface area contributed by atoms with Crippen LogP contribution in [0.1, 0.15) is 36.8 Å². The lowest BCUT2D eigenvalue weighted by atomic mass is 10.2. The first-order valence-electron chi connectivity index (χ1n) is 7.43. The van der Waals surface area contributed by atoms with Crippen LogP contribution in [0.25, 0.3) is 11.0 Å². The number of hydrogen-bond donors (Lipinski definition) is 1. The molecule has 0 fully saturated rings. The maximum Gasteiger partial charge on any atom is 0.242 e. The summed E-state index contributed by atoms with van der Waals surface area (Å²) in [5, 5.41) is 8.74.